The van der Waals surface area contributed by atoms with Gasteiger partial charge in [-0.2, -0.15) is 0 Å². The number of aliphatic hydroxyl groups excluding tert-OH is 1. The lowest BCUT2D eigenvalue weighted by Crippen LogP contribution is -2.15. The zero-order chi connectivity index (χ0) is 16.2. The van der Waals surface area contributed by atoms with Crippen LogP contribution in [0.2, 0.25) is 0 Å². The number of aliphatic hydroxyl groups is 1. The van der Waals surface area contributed by atoms with Gasteiger partial charge in [0.05, 0.1) is 6.10 Å². The molecule has 1 heterocycles. The van der Waals surface area contributed by atoms with Gasteiger partial charge in [0, 0.05) is 19.3 Å². The van der Waals surface area contributed by atoms with Crippen molar-refractivity contribution >= 4 is 0 Å². The second-order valence-corrected chi connectivity index (χ2v) is 6.14. The molecule has 0 amide bonds. The average Bonchev–Trinajstić information content (AvgIpc) is 2.48. The summed E-state index contributed by atoms with van der Waals surface area (Å²) in [5.74, 6) is 2.59. The van der Waals surface area contributed by atoms with Gasteiger partial charge in [0.15, 0.2) is 0 Å². The van der Waals surface area contributed by atoms with Gasteiger partial charge in [0.2, 0.25) is 0 Å². The summed E-state index contributed by atoms with van der Waals surface area (Å²) in [4.78, 5) is 13.8. The molecule has 22 heavy (non-hydrogen) atoms. The van der Waals surface area contributed by atoms with Crippen LogP contribution in [0.25, 0.3) is 0 Å². The van der Waals surface area contributed by atoms with Crippen LogP contribution >= 0.6 is 0 Å². The van der Waals surface area contributed by atoms with E-state index in [1.807, 2.05) is 0 Å². The minimum absolute atomic E-state index is 0.334. The second-order valence-electron chi connectivity index (χ2n) is 6.14. The molecule has 126 valence electrons. The van der Waals surface area contributed by atoms with Crippen molar-refractivity contribution in [3.63, 3.8) is 0 Å². The Morgan fingerprint density at radius 3 is 1.68 bits per heavy atom. The Hall–Kier alpha value is -1.03. The van der Waals surface area contributed by atoms with E-state index < -0.39 is 0 Å². The van der Waals surface area contributed by atoms with Crippen molar-refractivity contribution in [1.29, 1.82) is 0 Å². The molecule has 0 radical (unpaired) electrons. The van der Waals surface area contributed by atoms with Crippen molar-refractivity contribution < 1.29 is 5.11 Å². The SMILES string of the molecule is CCCCCc1nc(CCCCC)nc(CC(O)CCC)n1. The predicted octanol–water partition coefficient (Wildman–Crippen LogP) is 4.04. The van der Waals surface area contributed by atoms with Crippen LogP contribution in [0, 0.1) is 0 Å². The summed E-state index contributed by atoms with van der Waals surface area (Å²) in [6, 6.07) is 0. The summed E-state index contributed by atoms with van der Waals surface area (Å²) in [5, 5.41) is 10.0. The molecule has 0 saturated carbocycles. The maximum Gasteiger partial charge on any atom is 0.135 e. The van der Waals surface area contributed by atoms with E-state index in [-0.39, 0.29) is 6.10 Å². The molecular formula is C18H33N3O. The molecule has 1 aromatic rings. The number of aryl methyl sites for hydroxylation is 2. The van der Waals surface area contributed by atoms with Crippen LogP contribution in [0.1, 0.15) is 89.6 Å². The first kappa shape index (κ1) is 19.0. The van der Waals surface area contributed by atoms with Crippen molar-refractivity contribution in [2.75, 3.05) is 0 Å². The van der Waals surface area contributed by atoms with Crippen molar-refractivity contribution in [3.8, 4) is 0 Å². The van der Waals surface area contributed by atoms with Crippen LogP contribution in [0.3, 0.4) is 0 Å². The maximum atomic E-state index is 10.0. The molecule has 0 saturated heterocycles. The largest absolute Gasteiger partial charge is 0.393 e. The van der Waals surface area contributed by atoms with Crippen molar-refractivity contribution in [2.24, 2.45) is 0 Å². The van der Waals surface area contributed by atoms with Crippen molar-refractivity contribution in [3.05, 3.63) is 17.5 Å². The minimum Gasteiger partial charge on any atom is -0.393 e. The highest BCUT2D eigenvalue weighted by molar-refractivity contribution is 4.99. The molecule has 0 fully saturated rings. The molecule has 1 N–H and O–H groups in total. The van der Waals surface area contributed by atoms with E-state index >= 15 is 0 Å². The molecule has 4 heteroatoms. The van der Waals surface area contributed by atoms with Crippen LogP contribution in [-0.2, 0) is 19.3 Å². The van der Waals surface area contributed by atoms with Gasteiger partial charge in [-0.15, -0.1) is 0 Å². The van der Waals surface area contributed by atoms with Crippen LogP contribution < -0.4 is 0 Å². The third kappa shape index (κ3) is 7.83. The first-order valence-electron chi connectivity index (χ1n) is 9.10. The Labute approximate surface area is 135 Å². The van der Waals surface area contributed by atoms with E-state index in [0.717, 1.165) is 56.0 Å². The summed E-state index contributed by atoms with van der Waals surface area (Å²) in [5.41, 5.74) is 0. The Balaban J connectivity index is 2.74. The number of rotatable bonds is 12. The summed E-state index contributed by atoms with van der Waals surface area (Å²) in [6.07, 6.45) is 11.0. The fourth-order valence-electron chi connectivity index (χ4n) is 2.55. The van der Waals surface area contributed by atoms with E-state index in [1.165, 1.54) is 25.7 Å². The van der Waals surface area contributed by atoms with Gasteiger partial charge in [0.1, 0.15) is 17.5 Å². The number of hydrogen-bond donors (Lipinski definition) is 1. The molecular weight excluding hydrogens is 274 g/mol. The van der Waals surface area contributed by atoms with Crippen LogP contribution in [0.4, 0.5) is 0 Å². The predicted molar refractivity (Wildman–Crippen MR) is 90.9 cm³/mol. The average molecular weight is 307 g/mol. The molecule has 0 aliphatic carbocycles. The van der Waals surface area contributed by atoms with Gasteiger partial charge >= 0.3 is 0 Å². The summed E-state index contributed by atoms with van der Waals surface area (Å²) in [7, 11) is 0. The minimum atomic E-state index is -0.334. The monoisotopic (exact) mass is 307 g/mol. The number of hydrogen-bond acceptors (Lipinski definition) is 4. The zero-order valence-corrected chi connectivity index (χ0v) is 14.6. The summed E-state index contributed by atoms with van der Waals surface area (Å²) < 4.78 is 0. The van der Waals surface area contributed by atoms with Gasteiger partial charge in [-0.05, 0) is 19.3 Å². The normalized spacial score (nSPS) is 12.5. The first-order chi connectivity index (χ1) is 10.7. The number of unbranched alkanes of at least 4 members (excludes halogenated alkanes) is 4. The fraction of sp³-hybridized carbons (Fsp3) is 0.833. The Morgan fingerprint density at radius 2 is 1.23 bits per heavy atom. The van der Waals surface area contributed by atoms with E-state index in [2.05, 4.69) is 35.7 Å². The molecule has 0 aliphatic heterocycles. The lowest BCUT2D eigenvalue weighted by Gasteiger charge is -2.11. The number of aromatic nitrogens is 3. The summed E-state index contributed by atoms with van der Waals surface area (Å²) >= 11 is 0. The van der Waals surface area contributed by atoms with Gasteiger partial charge in [-0.3, -0.25) is 0 Å². The molecule has 0 aromatic carbocycles. The van der Waals surface area contributed by atoms with Crippen LogP contribution in [0.5, 0.6) is 0 Å². The Kier molecular flexibility index (Phi) is 9.96. The van der Waals surface area contributed by atoms with E-state index in [1.54, 1.807) is 0 Å². The lowest BCUT2D eigenvalue weighted by atomic mass is 10.1. The topological polar surface area (TPSA) is 58.9 Å². The first-order valence-corrected chi connectivity index (χ1v) is 9.10. The van der Waals surface area contributed by atoms with Crippen molar-refractivity contribution in [1.82, 2.24) is 15.0 Å². The molecule has 0 bridgehead atoms. The highest BCUT2D eigenvalue weighted by atomic mass is 16.3. The third-order valence-corrected chi connectivity index (χ3v) is 3.82. The Bertz CT molecular complexity index is 381. The van der Waals surface area contributed by atoms with Gasteiger partial charge in [-0.1, -0.05) is 52.9 Å². The number of nitrogens with zero attached hydrogens (tertiary/aromatic N) is 3. The lowest BCUT2D eigenvalue weighted by molar-refractivity contribution is 0.161. The molecule has 1 aromatic heterocycles. The van der Waals surface area contributed by atoms with Crippen LogP contribution in [0.15, 0.2) is 0 Å². The van der Waals surface area contributed by atoms with E-state index in [0.29, 0.717) is 6.42 Å². The quantitative estimate of drug-likeness (QED) is 0.592. The van der Waals surface area contributed by atoms with Gasteiger partial charge in [0.25, 0.3) is 0 Å². The fourth-order valence-corrected chi connectivity index (χ4v) is 2.55. The van der Waals surface area contributed by atoms with E-state index in [4.69, 9.17) is 0 Å². The van der Waals surface area contributed by atoms with Crippen LogP contribution in [-0.4, -0.2) is 26.2 Å². The molecule has 4 nitrogen and oxygen atoms in total. The van der Waals surface area contributed by atoms with Crippen molar-refractivity contribution in [2.45, 2.75) is 97.5 Å². The zero-order valence-electron chi connectivity index (χ0n) is 14.6. The highest BCUT2D eigenvalue weighted by Crippen LogP contribution is 2.09. The molecule has 0 spiro atoms. The third-order valence-electron chi connectivity index (χ3n) is 3.82. The maximum absolute atomic E-state index is 10.0. The molecule has 0 aliphatic rings. The molecule has 1 unspecified atom stereocenters. The second kappa shape index (κ2) is 11.5. The van der Waals surface area contributed by atoms with E-state index in [9.17, 15) is 5.11 Å². The highest BCUT2D eigenvalue weighted by Gasteiger charge is 2.11. The molecule has 1 rings (SSSR count). The Morgan fingerprint density at radius 1 is 0.727 bits per heavy atom. The standard InChI is InChI=1S/C18H33N3O/c1-4-7-9-12-16-19-17(13-10-8-5-2)21-18(20-16)14-15(22)11-6-3/h15,22H,4-14H2,1-3H3. The summed E-state index contributed by atoms with van der Waals surface area (Å²) in [6.45, 7) is 6.50. The van der Waals surface area contributed by atoms with Gasteiger partial charge in [-0.25, -0.2) is 15.0 Å². The van der Waals surface area contributed by atoms with Gasteiger partial charge < -0.3 is 5.11 Å². The molecule has 1 atom stereocenters. The smallest absolute Gasteiger partial charge is 0.135 e.